The van der Waals surface area contributed by atoms with E-state index in [0.29, 0.717) is 47.8 Å². The van der Waals surface area contributed by atoms with Crippen molar-refractivity contribution in [1.29, 1.82) is 0 Å². The Hall–Kier alpha value is -3.16. The first-order valence-electron chi connectivity index (χ1n) is 9.80. The molecule has 29 heavy (non-hydrogen) atoms. The van der Waals surface area contributed by atoms with Crippen LogP contribution in [0.5, 0.6) is 5.75 Å². The lowest BCUT2D eigenvalue weighted by Gasteiger charge is -2.14. The Morgan fingerprint density at radius 3 is 2.55 bits per heavy atom. The van der Waals surface area contributed by atoms with Gasteiger partial charge in [0.25, 0.3) is 5.56 Å². The Bertz CT molecular complexity index is 936. The van der Waals surface area contributed by atoms with Gasteiger partial charge in [-0.1, -0.05) is 20.8 Å². The number of rotatable bonds is 10. The van der Waals surface area contributed by atoms with Crippen molar-refractivity contribution in [2.24, 2.45) is 0 Å². The van der Waals surface area contributed by atoms with Crippen LogP contribution in [0.2, 0.25) is 0 Å². The van der Waals surface area contributed by atoms with E-state index in [1.807, 2.05) is 20.8 Å². The zero-order valence-electron chi connectivity index (χ0n) is 17.0. The van der Waals surface area contributed by atoms with Crippen LogP contribution in [0.15, 0.2) is 23.0 Å². The number of aryl methyl sites for hydroxylation is 1. The van der Waals surface area contributed by atoms with Gasteiger partial charge in [0.05, 0.1) is 24.3 Å². The molecule has 0 fully saturated rings. The molecule has 1 aromatic carbocycles. The second-order valence-corrected chi connectivity index (χ2v) is 6.55. The number of carbonyl (C=O) groups excluding carboxylic acids is 1. The fourth-order valence-corrected chi connectivity index (χ4v) is 2.90. The van der Waals surface area contributed by atoms with Crippen molar-refractivity contribution in [3.05, 3.63) is 39.8 Å². The number of carbonyl (C=O) groups is 2. The van der Waals surface area contributed by atoms with Gasteiger partial charge in [0.1, 0.15) is 11.6 Å². The number of aromatic nitrogens is 2. The summed E-state index contributed by atoms with van der Waals surface area (Å²) in [6.45, 7) is 6.34. The molecule has 0 aliphatic rings. The van der Waals surface area contributed by atoms with Crippen LogP contribution >= 0.6 is 0 Å². The Morgan fingerprint density at radius 2 is 1.93 bits per heavy atom. The van der Waals surface area contributed by atoms with Gasteiger partial charge < -0.3 is 20.1 Å². The average molecular weight is 401 g/mol. The van der Waals surface area contributed by atoms with Gasteiger partial charge in [-0.15, -0.1) is 0 Å². The second kappa shape index (κ2) is 10.4. The first kappa shape index (κ1) is 22.1. The van der Waals surface area contributed by atoms with Crippen LogP contribution in [0.3, 0.4) is 0 Å². The molecule has 2 rings (SSSR count). The van der Waals surface area contributed by atoms with Gasteiger partial charge in [-0.05, 0) is 37.5 Å². The van der Waals surface area contributed by atoms with E-state index in [-0.39, 0.29) is 18.4 Å². The minimum Gasteiger partial charge on any atom is -0.493 e. The molecule has 0 unspecified atom stereocenters. The van der Waals surface area contributed by atoms with Crippen LogP contribution < -0.4 is 15.6 Å². The predicted molar refractivity (Wildman–Crippen MR) is 110 cm³/mol. The van der Waals surface area contributed by atoms with Gasteiger partial charge in [0, 0.05) is 17.7 Å². The maximum atomic E-state index is 12.5. The van der Waals surface area contributed by atoms with E-state index in [1.165, 1.54) is 0 Å². The molecule has 0 radical (unpaired) electrons. The van der Waals surface area contributed by atoms with E-state index >= 15 is 0 Å². The molecule has 0 saturated carbocycles. The molecule has 8 nitrogen and oxygen atoms in total. The molecule has 156 valence electrons. The number of amides is 1. The maximum absolute atomic E-state index is 12.5. The number of hydrogen-bond acceptors (Lipinski definition) is 5. The standard InChI is InChI=1S/C21H27N3O5/c1-4-11-29-17-8-7-13(22-18(25)9-10-19(26)27)12-15(17)20-23-16(6-3)14(5-2)21(28)24-20/h7-8,12H,4-6,9-11H2,1-3H3,(H,22,25)(H,26,27)(H,23,24,28). The number of hydrogen-bond donors (Lipinski definition) is 3. The molecule has 8 heteroatoms. The summed E-state index contributed by atoms with van der Waals surface area (Å²) in [4.78, 5) is 42.6. The average Bonchev–Trinajstić information content (AvgIpc) is 2.70. The van der Waals surface area contributed by atoms with Gasteiger partial charge >= 0.3 is 5.97 Å². The Balaban J connectivity index is 2.44. The minimum atomic E-state index is -1.03. The van der Waals surface area contributed by atoms with Gasteiger partial charge in [-0.25, -0.2) is 4.98 Å². The molecule has 0 aliphatic heterocycles. The molecular weight excluding hydrogens is 374 g/mol. The molecule has 1 aromatic heterocycles. The summed E-state index contributed by atoms with van der Waals surface area (Å²) in [5.41, 5.74) is 2.23. The third-order valence-corrected chi connectivity index (χ3v) is 4.34. The lowest BCUT2D eigenvalue weighted by molar-refractivity contribution is -0.138. The lowest BCUT2D eigenvalue weighted by atomic mass is 10.1. The normalized spacial score (nSPS) is 10.6. The van der Waals surface area contributed by atoms with E-state index in [2.05, 4.69) is 15.3 Å². The first-order chi connectivity index (χ1) is 13.9. The maximum Gasteiger partial charge on any atom is 0.303 e. The summed E-state index contributed by atoms with van der Waals surface area (Å²) >= 11 is 0. The highest BCUT2D eigenvalue weighted by atomic mass is 16.5. The van der Waals surface area contributed by atoms with Crippen LogP contribution in [0, 0.1) is 0 Å². The number of H-pyrrole nitrogens is 1. The van der Waals surface area contributed by atoms with Crippen LogP contribution in [0.4, 0.5) is 5.69 Å². The molecule has 2 aromatic rings. The number of carboxylic acid groups (broad SMARTS) is 1. The largest absolute Gasteiger partial charge is 0.493 e. The zero-order chi connectivity index (χ0) is 21.4. The molecule has 0 atom stereocenters. The third kappa shape index (κ3) is 5.91. The third-order valence-electron chi connectivity index (χ3n) is 4.34. The van der Waals surface area contributed by atoms with E-state index in [1.54, 1.807) is 18.2 Å². The summed E-state index contributed by atoms with van der Waals surface area (Å²) in [5, 5.41) is 11.4. The van der Waals surface area contributed by atoms with Crippen molar-refractivity contribution in [1.82, 2.24) is 9.97 Å². The summed E-state index contributed by atoms with van der Waals surface area (Å²) < 4.78 is 5.80. The Morgan fingerprint density at radius 1 is 1.17 bits per heavy atom. The summed E-state index contributed by atoms with van der Waals surface area (Å²) in [6.07, 6.45) is 1.65. The number of aromatic amines is 1. The first-order valence-corrected chi connectivity index (χ1v) is 9.80. The van der Waals surface area contributed by atoms with Crippen LogP contribution in [-0.2, 0) is 22.4 Å². The smallest absolute Gasteiger partial charge is 0.303 e. The molecule has 1 amide bonds. The molecule has 1 heterocycles. The predicted octanol–water partition coefficient (Wildman–Crippen LogP) is 3.15. The SMILES string of the molecule is CCCOc1ccc(NC(=O)CCC(=O)O)cc1-c1nc(CC)c(CC)c(=O)[nH]1. The van der Waals surface area contributed by atoms with Crippen molar-refractivity contribution in [3.63, 3.8) is 0 Å². The van der Waals surface area contributed by atoms with E-state index in [0.717, 1.165) is 12.1 Å². The highest BCUT2D eigenvalue weighted by Crippen LogP contribution is 2.31. The fraction of sp³-hybridized carbons (Fsp3) is 0.429. The second-order valence-electron chi connectivity index (χ2n) is 6.55. The number of nitrogens with one attached hydrogen (secondary N) is 2. The van der Waals surface area contributed by atoms with Crippen molar-refractivity contribution < 1.29 is 19.4 Å². The van der Waals surface area contributed by atoms with Gasteiger partial charge in [0.2, 0.25) is 5.91 Å². The number of carboxylic acids is 1. The van der Waals surface area contributed by atoms with E-state index < -0.39 is 11.9 Å². The number of benzene rings is 1. The van der Waals surface area contributed by atoms with Gasteiger partial charge in [-0.3, -0.25) is 14.4 Å². The lowest BCUT2D eigenvalue weighted by Crippen LogP contribution is -2.18. The van der Waals surface area contributed by atoms with Crippen LogP contribution in [0.25, 0.3) is 11.4 Å². The molecule has 0 bridgehead atoms. The van der Waals surface area contributed by atoms with E-state index in [9.17, 15) is 14.4 Å². The van der Waals surface area contributed by atoms with Crippen molar-refractivity contribution in [2.45, 2.75) is 52.9 Å². The van der Waals surface area contributed by atoms with Gasteiger partial charge in [0.15, 0.2) is 0 Å². The van der Waals surface area contributed by atoms with Crippen LogP contribution in [0.1, 0.15) is 51.3 Å². The molecule has 0 spiro atoms. The summed E-state index contributed by atoms with van der Waals surface area (Å²) in [5.74, 6) is -0.520. The number of nitrogens with zero attached hydrogens (tertiary/aromatic N) is 1. The number of ether oxygens (including phenoxy) is 1. The molecule has 0 saturated heterocycles. The highest BCUT2D eigenvalue weighted by Gasteiger charge is 2.15. The topological polar surface area (TPSA) is 121 Å². The summed E-state index contributed by atoms with van der Waals surface area (Å²) in [7, 11) is 0. The fourth-order valence-electron chi connectivity index (χ4n) is 2.90. The Kier molecular flexibility index (Phi) is 7.94. The van der Waals surface area contributed by atoms with Crippen molar-refractivity contribution >= 4 is 17.6 Å². The number of anilines is 1. The minimum absolute atomic E-state index is 0.126. The number of aliphatic carboxylic acids is 1. The van der Waals surface area contributed by atoms with Crippen LogP contribution in [-0.4, -0.2) is 33.6 Å². The monoisotopic (exact) mass is 401 g/mol. The highest BCUT2D eigenvalue weighted by molar-refractivity contribution is 5.93. The summed E-state index contributed by atoms with van der Waals surface area (Å²) in [6, 6.07) is 5.05. The zero-order valence-corrected chi connectivity index (χ0v) is 17.0. The van der Waals surface area contributed by atoms with E-state index in [4.69, 9.17) is 9.84 Å². The van der Waals surface area contributed by atoms with Crippen molar-refractivity contribution in [3.8, 4) is 17.1 Å². The molecular formula is C21H27N3O5. The quantitative estimate of drug-likeness (QED) is 0.562. The molecule has 3 N–H and O–H groups in total. The van der Waals surface area contributed by atoms with Gasteiger partial charge in [-0.2, -0.15) is 0 Å². The Labute approximate surface area is 169 Å². The van der Waals surface area contributed by atoms with Crippen molar-refractivity contribution in [2.75, 3.05) is 11.9 Å². The molecule has 0 aliphatic carbocycles.